The van der Waals surface area contributed by atoms with Gasteiger partial charge in [0.15, 0.2) is 11.5 Å². The fourth-order valence-corrected chi connectivity index (χ4v) is 3.32. The van der Waals surface area contributed by atoms with Crippen molar-refractivity contribution in [3.63, 3.8) is 0 Å². The third-order valence-corrected chi connectivity index (χ3v) is 4.89. The summed E-state index contributed by atoms with van der Waals surface area (Å²) in [4.78, 5) is 38.7. The first kappa shape index (κ1) is 22.1. The van der Waals surface area contributed by atoms with E-state index in [1.165, 1.54) is 19.3 Å². The van der Waals surface area contributed by atoms with Gasteiger partial charge in [-0.3, -0.25) is 14.9 Å². The highest BCUT2D eigenvalue weighted by molar-refractivity contribution is 6.39. The number of hydrogen-bond acceptors (Lipinski definition) is 5. The summed E-state index contributed by atoms with van der Waals surface area (Å²) in [7, 11) is 1.45. The molecule has 8 heteroatoms. The summed E-state index contributed by atoms with van der Waals surface area (Å²) in [6.45, 7) is 5.82. The maximum Gasteiger partial charge on any atom is 0.335 e. The van der Waals surface area contributed by atoms with Crippen molar-refractivity contribution in [2.45, 2.75) is 13.3 Å². The first-order chi connectivity index (χ1) is 14.9. The molecule has 0 spiro atoms. The molecule has 2 aromatic carbocycles. The molecule has 7 nitrogen and oxygen atoms in total. The van der Waals surface area contributed by atoms with Gasteiger partial charge in [-0.1, -0.05) is 43.3 Å². The number of hydrogen-bond donors (Lipinski definition) is 1. The number of amides is 4. The molecule has 0 atom stereocenters. The van der Waals surface area contributed by atoms with E-state index in [1.54, 1.807) is 24.3 Å². The van der Waals surface area contributed by atoms with Crippen LogP contribution in [0.25, 0.3) is 6.08 Å². The zero-order chi connectivity index (χ0) is 22.5. The van der Waals surface area contributed by atoms with Gasteiger partial charge in [0.2, 0.25) is 0 Å². The molecular weight excluding hydrogens is 420 g/mol. The summed E-state index contributed by atoms with van der Waals surface area (Å²) in [5, 5.41) is 2.43. The molecule has 1 fully saturated rings. The van der Waals surface area contributed by atoms with E-state index in [0.29, 0.717) is 22.7 Å². The highest BCUT2D eigenvalue weighted by Crippen LogP contribution is 2.37. The zero-order valence-electron chi connectivity index (χ0n) is 17.1. The predicted molar refractivity (Wildman–Crippen MR) is 119 cm³/mol. The van der Waals surface area contributed by atoms with Gasteiger partial charge in [0.25, 0.3) is 11.8 Å². The number of rotatable bonds is 7. The van der Waals surface area contributed by atoms with E-state index in [1.807, 2.05) is 19.1 Å². The van der Waals surface area contributed by atoms with Crippen molar-refractivity contribution in [2.24, 2.45) is 0 Å². The van der Waals surface area contributed by atoms with Crippen LogP contribution < -0.4 is 19.7 Å². The number of nitrogens with zero attached hydrogens (tertiary/aromatic N) is 1. The fourth-order valence-electron chi connectivity index (χ4n) is 3.04. The van der Waals surface area contributed by atoms with E-state index in [2.05, 4.69) is 11.9 Å². The van der Waals surface area contributed by atoms with E-state index >= 15 is 0 Å². The van der Waals surface area contributed by atoms with Crippen LogP contribution in [0.5, 0.6) is 11.5 Å². The summed E-state index contributed by atoms with van der Waals surface area (Å²) in [5.74, 6) is -0.884. The van der Waals surface area contributed by atoms with Crippen LogP contribution in [0.15, 0.2) is 54.6 Å². The Morgan fingerprint density at radius 3 is 2.48 bits per heavy atom. The van der Waals surface area contributed by atoms with Crippen molar-refractivity contribution in [1.82, 2.24) is 5.32 Å². The molecule has 2 aromatic rings. The number of benzene rings is 2. The van der Waals surface area contributed by atoms with Gasteiger partial charge in [-0.25, -0.2) is 9.69 Å². The van der Waals surface area contributed by atoms with Gasteiger partial charge in [0, 0.05) is 0 Å². The summed E-state index contributed by atoms with van der Waals surface area (Å²) in [6, 6.07) is 9.27. The number of nitrogens with one attached hydrogen (secondary N) is 1. The average Bonchev–Trinajstić information content (AvgIpc) is 2.76. The molecule has 0 bridgehead atoms. The van der Waals surface area contributed by atoms with E-state index in [9.17, 15) is 14.4 Å². The Morgan fingerprint density at radius 1 is 1.16 bits per heavy atom. The van der Waals surface area contributed by atoms with Gasteiger partial charge in [0.1, 0.15) is 12.2 Å². The molecule has 4 amide bonds. The van der Waals surface area contributed by atoms with Crippen LogP contribution in [-0.4, -0.2) is 31.6 Å². The lowest BCUT2D eigenvalue weighted by Gasteiger charge is -2.26. The molecule has 1 N–H and O–H groups in total. The third kappa shape index (κ3) is 4.62. The van der Waals surface area contributed by atoms with Crippen molar-refractivity contribution < 1.29 is 23.9 Å². The maximum absolute atomic E-state index is 13.0. The van der Waals surface area contributed by atoms with Gasteiger partial charge in [0.05, 0.1) is 17.8 Å². The number of barbiturate groups is 1. The van der Waals surface area contributed by atoms with Gasteiger partial charge in [-0.15, -0.1) is 0 Å². The molecule has 31 heavy (non-hydrogen) atoms. The minimum atomic E-state index is -0.805. The number of halogens is 1. The van der Waals surface area contributed by atoms with Gasteiger partial charge in [-0.2, -0.15) is 0 Å². The standard InChI is InChI=1S/C23H21ClN2O5/c1-4-10-31-20-18(24)12-15(13-19(20)30-3)11-17-21(27)25-23(29)26(22(17)28)16-8-6-14(5-2)7-9-16/h4,6-9,11-13H,1,5,10H2,2-3H3,(H,25,27,29)/b17-11+. The molecule has 3 rings (SSSR count). The quantitative estimate of drug-likeness (QED) is 0.397. The van der Waals surface area contributed by atoms with E-state index in [4.69, 9.17) is 21.1 Å². The lowest BCUT2D eigenvalue weighted by molar-refractivity contribution is -0.122. The largest absolute Gasteiger partial charge is 0.493 e. The Labute approximate surface area is 184 Å². The molecule has 160 valence electrons. The van der Waals surface area contributed by atoms with Gasteiger partial charge >= 0.3 is 6.03 Å². The SMILES string of the molecule is C=CCOc1c(Cl)cc(/C=C2\C(=O)NC(=O)N(c3ccc(CC)cc3)C2=O)cc1OC. The normalized spacial score (nSPS) is 15.1. The number of aryl methyl sites for hydroxylation is 1. The minimum Gasteiger partial charge on any atom is -0.493 e. The van der Waals surface area contributed by atoms with Crippen molar-refractivity contribution in [3.8, 4) is 11.5 Å². The highest BCUT2D eigenvalue weighted by atomic mass is 35.5. The molecule has 1 aliphatic heterocycles. The number of ether oxygens (including phenoxy) is 2. The summed E-state index contributed by atoms with van der Waals surface area (Å²) in [6.07, 6.45) is 3.73. The van der Waals surface area contributed by atoms with Crippen LogP contribution in [0, 0.1) is 0 Å². The molecular formula is C23H21ClN2O5. The van der Waals surface area contributed by atoms with Crippen LogP contribution in [0.4, 0.5) is 10.5 Å². The van der Waals surface area contributed by atoms with Crippen LogP contribution in [0.3, 0.4) is 0 Å². The number of methoxy groups -OCH3 is 1. The number of anilines is 1. The average molecular weight is 441 g/mol. The van der Waals surface area contributed by atoms with Crippen molar-refractivity contribution >= 4 is 41.2 Å². The predicted octanol–water partition coefficient (Wildman–Crippen LogP) is 4.14. The molecule has 1 heterocycles. The van der Waals surface area contributed by atoms with Gasteiger partial charge in [-0.05, 0) is 47.9 Å². The molecule has 0 aliphatic carbocycles. The van der Waals surface area contributed by atoms with E-state index < -0.39 is 17.8 Å². The molecule has 0 saturated carbocycles. The Kier molecular flexibility index (Phi) is 6.77. The van der Waals surface area contributed by atoms with E-state index in [-0.39, 0.29) is 17.2 Å². The summed E-state index contributed by atoms with van der Waals surface area (Å²) in [5.41, 5.74) is 1.64. The minimum absolute atomic E-state index is 0.211. The smallest absolute Gasteiger partial charge is 0.335 e. The second-order valence-corrected chi connectivity index (χ2v) is 7.02. The number of carbonyl (C=O) groups excluding carboxylic acids is 3. The number of carbonyl (C=O) groups is 3. The molecule has 1 saturated heterocycles. The second kappa shape index (κ2) is 9.49. The summed E-state index contributed by atoms with van der Waals surface area (Å²) >= 11 is 6.30. The lowest BCUT2D eigenvalue weighted by atomic mass is 10.1. The van der Waals surface area contributed by atoms with Crippen LogP contribution in [0.1, 0.15) is 18.1 Å². The summed E-state index contributed by atoms with van der Waals surface area (Å²) < 4.78 is 10.8. The van der Waals surface area contributed by atoms with Crippen LogP contribution in [-0.2, 0) is 16.0 Å². The first-order valence-electron chi connectivity index (χ1n) is 9.51. The third-order valence-electron chi connectivity index (χ3n) is 4.61. The number of urea groups is 1. The lowest BCUT2D eigenvalue weighted by Crippen LogP contribution is -2.54. The number of imide groups is 2. The van der Waals surface area contributed by atoms with Crippen molar-refractivity contribution in [1.29, 1.82) is 0 Å². The molecule has 0 radical (unpaired) electrons. The maximum atomic E-state index is 13.0. The van der Waals surface area contributed by atoms with Crippen molar-refractivity contribution in [3.05, 3.63) is 70.8 Å². The molecule has 0 unspecified atom stereocenters. The Bertz CT molecular complexity index is 1080. The van der Waals surface area contributed by atoms with Crippen LogP contribution in [0.2, 0.25) is 5.02 Å². The second-order valence-electron chi connectivity index (χ2n) is 6.61. The first-order valence-corrected chi connectivity index (χ1v) is 9.89. The topological polar surface area (TPSA) is 84.9 Å². The van der Waals surface area contributed by atoms with E-state index in [0.717, 1.165) is 16.9 Å². The molecule has 0 aromatic heterocycles. The zero-order valence-corrected chi connectivity index (χ0v) is 17.9. The monoisotopic (exact) mass is 440 g/mol. The van der Waals surface area contributed by atoms with Crippen LogP contribution >= 0.6 is 11.6 Å². The van der Waals surface area contributed by atoms with Gasteiger partial charge < -0.3 is 9.47 Å². The van der Waals surface area contributed by atoms with Crippen molar-refractivity contribution in [2.75, 3.05) is 18.6 Å². The highest BCUT2D eigenvalue weighted by Gasteiger charge is 2.36. The fraction of sp³-hybridized carbons (Fsp3) is 0.174. The Morgan fingerprint density at radius 2 is 1.87 bits per heavy atom. The Hall–Kier alpha value is -3.58. The Balaban J connectivity index is 1.99. The molecule has 1 aliphatic rings.